The van der Waals surface area contributed by atoms with E-state index in [9.17, 15) is 14.7 Å². The number of aliphatic hydroxyl groups is 1. The summed E-state index contributed by atoms with van der Waals surface area (Å²) in [5, 5.41) is 15.0. The molecule has 10 unspecified atom stereocenters. The number of amides is 2. The maximum atomic E-state index is 14.2. The molecular formula is C31H52N3O6+. The minimum absolute atomic E-state index is 0.00135. The Morgan fingerprint density at radius 2 is 1.82 bits per heavy atom. The number of nitrogens with two attached hydrogens (primary N) is 1. The van der Waals surface area contributed by atoms with Crippen LogP contribution in [0.5, 0.6) is 0 Å². The van der Waals surface area contributed by atoms with Gasteiger partial charge < -0.3 is 34.9 Å². The summed E-state index contributed by atoms with van der Waals surface area (Å²) in [6, 6.07) is 1.25. The van der Waals surface area contributed by atoms with E-state index in [1.165, 1.54) is 0 Å². The van der Waals surface area contributed by atoms with Gasteiger partial charge in [0.1, 0.15) is 12.1 Å². The Kier molecular flexibility index (Phi) is 8.76. The number of hydrogen-bond donors (Lipinski definition) is 3. The standard InChI is InChI=1S/C31H51N3O6/c1-17(30(36)33-19-6-4-18(5-7-19)13-15-35)40-20-8-10-24-23(16-20)21-12-14-32-27-22-9-11-25(38-2)29(39-3)26(22)31(37)34(24)28(21)27/h17-29,32,35H,4-16H2,1-3H3,(H,33,36)/p+1/t17-,18?,19?,20?,21?,22?,23?,24?,25?,26?,27?,28?,29?/m0/s1. The molecule has 3 saturated heterocycles. The predicted molar refractivity (Wildman–Crippen MR) is 148 cm³/mol. The van der Waals surface area contributed by atoms with Gasteiger partial charge in [0.2, 0.25) is 11.8 Å². The first-order valence-electron chi connectivity index (χ1n) is 16.2. The number of carbonyl (C=O) groups is 2. The second-order valence-corrected chi connectivity index (χ2v) is 13.7. The molecule has 40 heavy (non-hydrogen) atoms. The summed E-state index contributed by atoms with van der Waals surface area (Å²) in [5.41, 5.74) is 0. The van der Waals surface area contributed by atoms with Crippen LogP contribution in [0.2, 0.25) is 0 Å². The number of carbonyl (C=O) groups excluding carboxylic acids is 2. The lowest BCUT2D eigenvalue weighted by Gasteiger charge is -2.53. The Morgan fingerprint density at radius 1 is 1.02 bits per heavy atom. The van der Waals surface area contributed by atoms with Crippen LogP contribution in [0.25, 0.3) is 0 Å². The molecule has 3 aliphatic carbocycles. The minimum atomic E-state index is -0.467. The quantitative estimate of drug-likeness (QED) is 0.410. The van der Waals surface area contributed by atoms with E-state index in [0.717, 1.165) is 77.2 Å². The number of piperidine rings is 2. The van der Waals surface area contributed by atoms with Crippen LogP contribution in [0, 0.1) is 29.6 Å². The molecule has 0 aromatic carbocycles. The molecule has 11 atom stereocenters. The molecule has 0 bridgehead atoms. The monoisotopic (exact) mass is 562 g/mol. The highest BCUT2D eigenvalue weighted by Gasteiger charge is 2.66. The van der Waals surface area contributed by atoms with Gasteiger partial charge >= 0.3 is 0 Å². The van der Waals surface area contributed by atoms with Crippen molar-refractivity contribution < 1.29 is 34.2 Å². The molecule has 6 fully saturated rings. The summed E-state index contributed by atoms with van der Waals surface area (Å²) in [7, 11) is 3.48. The van der Waals surface area contributed by atoms with Crippen molar-refractivity contribution in [3.8, 4) is 0 Å². The molecule has 226 valence electrons. The minimum Gasteiger partial charge on any atom is -0.396 e. The first kappa shape index (κ1) is 28.8. The molecule has 0 aromatic heterocycles. The fourth-order valence-corrected chi connectivity index (χ4v) is 10.1. The van der Waals surface area contributed by atoms with Crippen molar-refractivity contribution in [2.75, 3.05) is 27.4 Å². The van der Waals surface area contributed by atoms with Gasteiger partial charge in [0.25, 0.3) is 0 Å². The van der Waals surface area contributed by atoms with Gasteiger partial charge in [-0.25, -0.2) is 0 Å². The zero-order chi connectivity index (χ0) is 28.0. The van der Waals surface area contributed by atoms with E-state index in [1.54, 1.807) is 14.2 Å². The van der Waals surface area contributed by atoms with E-state index >= 15 is 0 Å². The van der Waals surface area contributed by atoms with Crippen molar-refractivity contribution in [3.05, 3.63) is 0 Å². The van der Waals surface area contributed by atoms with Crippen LogP contribution in [0.3, 0.4) is 0 Å². The number of fused-ring (bicyclic) bond motifs is 5. The van der Waals surface area contributed by atoms with Gasteiger partial charge in [0.15, 0.2) is 0 Å². The Labute approximate surface area is 239 Å². The van der Waals surface area contributed by atoms with Crippen molar-refractivity contribution in [2.24, 2.45) is 29.6 Å². The summed E-state index contributed by atoms with van der Waals surface area (Å²) in [6.45, 7) is 3.27. The molecule has 6 aliphatic rings. The Bertz CT molecular complexity index is 912. The summed E-state index contributed by atoms with van der Waals surface area (Å²) >= 11 is 0. The molecule has 6 rings (SSSR count). The number of hydrogen-bond acceptors (Lipinski definition) is 6. The fraction of sp³-hybridized carbons (Fsp3) is 0.935. The SMILES string of the molecule is COC1CCC2C3[NH2+]CCC4C5CC(O[C@@H](C)C(=O)NC6CCC(CCO)CC6)CCC5N(C(=O)C2C1OC)C43. The maximum Gasteiger partial charge on any atom is 0.249 e. The van der Waals surface area contributed by atoms with Crippen molar-refractivity contribution in [2.45, 2.75) is 126 Å². The largest absolute Gasteiger partial charge is 0.396 e. The zero-order valence-corrected chi connectivity index (χ0v) is 24.7. The van der Waals surface area contributed by atoms with E-state index in [0.29, 0.717) is 41.7 Å². The van der Waals surface area contributed by atoms with Crippen LogP contribution in [0.15, 0.2) is 0 Å². The average molecular weight is 563 g/mol. The summed E-state index contributed by atoms with van der Waals surface area (Å²) < 4.78 is 18.2. The van der Waals surface area contributed by atoms with Crippen LogP contribution in [-0.4, -0.2) is 97.8 Å². The highest BCUT2D eigenvalue weighted by molar-refractivity contribution is 5.83. The lowest BCUT2D eigenvalue weighted by atomic mass is 9.64. The first-order chi connectivity index (χ1) is 19.4. The van der Waals surface area contributed by atoms with Crippen molar-refractivity contribution >= 4 is 11.8 Å². The number of nitrogens with zero attached hydrogens (tertiary/aromatic N) is 1. The summed E-state index contributed by atoms with van der Waals surface area (Å²) in [4.78, 5) is 29.6. The molecule has 0 radical (unpaired) electrons. The van der Waals surface area contributed by atoms with Crippen LogP contribution < -0.4 is 10.6 Å². The molecule has 2 amide bonds. The van der Waals surface area contributed by atoms with Crippen LogP contribution in [-0.2, 0) is 23.8 Å². The highest BCUT2D eigenvalue weighted by Crippen LogP contribution is 2.53. The molecule has 0 spiro atoms. The number of quaternary nitrogens is 1. The Morgan fingerprint density at radius 3 is 2.55 bits per heavy atom. The molecule has 0 aromatic rings. The first-order valence-corrected chi connectivity index (χ1v) is 16.2. The molecule has 3 heterocycles. The number of methoxy groups -OCH3 is 2. The molecule has 9 nitrogen and oxygen atoms in total. The summed E-state index contributed by atoms with van der Waals surface area (Å²) in [5.74, 6) is 2.09. The van der Waals surface area contributed by atoms with Gasteiger partial charge in [-0.2, -0.15) is 0 Å². The Balaban J connectivity index is 1.10. The molecule has 4 N–H and O–H groups in total. The molecule has 9 heteroatoms. The van der Waals surface area contributed by atoms with Gasteiger partial charge in [0, 0.05) is 45.2 Å². The second kappa shape index (κ2) is 12.2. The number of rotatable bonds is 8. The average Bonchev–Trinajstić information content (AvgIpc) is 3.31. The van der Waals surface area contributed by atoms with Gasteiger partial charge in [-0.15, -0.1) is 0 Å². The van der Waals surface area contributed by atoms with Crippen LogP contribution in [0.4, 0.5) is 0 Å². The van der Waals surface area contributed by atoms with Gasteiger partial charge in [0.05, 0.1) is 36.8 Å². The summed E-state index contributed by atoms with van der Waals surface area (Å²) in [6.07, 6.45) is 10.3. The van der Waals surface area contributed by atoms with Gasteiger partial charge in [-0.1, -0.05) is 0 Å². The fourth-order valence-electron chi connectivity index (χ4n) is 10.1. The third-order valence-corrected chi connectivity index (χ3v) is 11.9. The smallest absolute Gasteiger partial charge is 0.249 e. The molecular weight excluding hydrogens is 510 g/mol. The van der Waals surface area contributed by atoms with Crippen LogP contribution >= 0.6 is 0 Å². The van der Waals surface area contributed by atoms with E-state index < -0.39 is 6.10 Å². The zero-order valence-electron chi connectivity index (χ0n) is 24.7. The lowest BCUT2D eigenvalue weighted by Crippen LogP contribution is -2.99. The topological polar surface area (TPSA) is 114 Å². The van der Waals surface area contributed by atoms with E-state index in [4.69, 9.17) is 14.2 Å². The van der Waals surface area contributed by atoms with Gasteiger partial charge in [-0.3, -0.25) is 9.59 Å². The van der Waals surface area contributed by atoms with Crippen molar-refractivity contribution in [3.63, 3.8) is 0 Å². The molecule has 3 saturated carbocycles. The number of aliphatic hydroxyl groups excluding tert-OH is 1. The third kappa shape index (κ3) is 5.12. The number of ether oxygens (including phenoxy) is 3. The maximum absolute atomic E-state index is 14.2. The van der Waals surface area contributed by atoms with E-state index in [2.05, 4.69) is 15.5 Å². The van der Waals surface area contributed by atoms with E-state index in [-0.39, 0.29) is 48.8 Å². The van der Waals surface area contributed by atoms with Crippen LogP contribution in [0.1, 0.15) is 77.6 Å². The third-order valence-electron chi connectivity index (χ3n) is 11.9. The van der Waals surface area contributed by atoms with Crippen molar-refractivity contribution in [1.29, 1.82) is 0 Å². The highest BCUT2D eigenvalue weighted by atomic mass is 16.5. The second-order valence-electron chi connectivity index (χ2n) is 13.7. The predicted octanol–water partition coefficient (Wildman–Crippen LogP) is 1.22. The van der Waals surface area contributed by atoms with Gasteiger partial charge in [-0.05, 0) is 88.9 Å². The molecule has 3 aliphatic heterocycles. The Hall–Kier alpha value is -1.26. The number of nitrogens with one attached hydrogen (secondary N) is 1. The van der Waals surface area contributed by atoms with E-state index in [1.807, 2.05) is 6.92 Å². The lowest BCUT2D eigenvalue weighted by molar-refractivity contribution is -0.713. The normalized spacial score (nSPS) is 45.3. The van der Waals surface area contributed by atoms with Crippen molar-refractivity contribution in [1.82, 2.24) is 10.2 Å².